The van der Waals surface area contributed by atoms with Gasteiger partial charge in [0.2, 0.25) is 0 Å². The largest absolute Gasteiger partial charge is 0.356 e. The summed E-state index contributed by atoms with van der Waals surface area (Å²) in [5, 5.41) is 6.32. The van der Waals surface area contributed by atoms with Crippen molar-refractivity contribution < 1.29 is 8.78 Å². The van der Waals surface area contributed by atoms with Gasteiger partial charge in [-0.2, -0.15) is 0 Å². The molecule has 1 heterocycles. The van der Waals surface area contributed by atoms with Crippen LogP contribution in [0, 0.1) is 11.6 Å². The van der Waals surface area contributed by atoms with Crippen LogP contribution >= 0.6 is 0 Å². The molecule has 1 aliphatic heterocycles. The van der Waals surface area contributed by atoms with Gasteiger partial charge in [-0.15, -0.1) is 0 Å². The number of hydrogen-bond acceptors (Lipinski definition) is 3. The van der Waals surface area contributed by atoms with E-state index in [-0.39, 0.29) is 0 Å². The zero-order chi connectivity index (χ0) is 12.8. The Balaban J connectivity index is 1.82. The molecule has 0 bridgehead atoms. The zero-order valence-corrected chi connectivity index (χ0v) is 10.2. The third-order valence-electron chi connectivity index (χ3n) is 2.78. The summed E-state index contributed by atoms with van der Waals surface area (Å²) in [5.74, 6) is -0.283. The van der Waals surface area contributed by atoms with E-state index in [4.69, 9.17) is 0 Å². The van der Waals surface area contributed by atoms with Crippen molar-refractivity contribution in [1.29, 1.82) is 0 Å². The van der Waals surface area contributed by atoms with Crippen LogP contribution in [0.4, 0.5) is 8.78 Å². The van der Waals surface area contributed by atoms with Crippen LogP contribution < -0.4 is 10.6 Å². The van der Waals surface area contributed by atoms with E-state index in [1.54, 1.807) is 0 Å². The van der Waals surface area contributed by atoms with Crippen molar-refractivity contribution in [1.82, 2.24) is 10.6 Å². The summed E-state index contributed by atoms with van der Waals surface area (Å²) in [6.45, 7) is 2.35. The number of hydrogen-bond donors (Lipinski definition) is 2. The average molecular weight is 253 g/mol. The van der Waals surface area contributed by atoms with Gasteiger partial charge in [0.15, 0.2) is 5.96 Å². The van der Waals surface area contributed by atoms with Gasteiger partial charge >= 0.3 is 0 Å². The molecule has 98 valence electrons. The molecule has 0 aliphatic carbocycles. The Hall–Kier alpha value is -1.65. The summed E-state index contributed by atoms with van der Waals surface area (Å²) in [5.41, 5.74) is 0.647. The first-order chi connectivity index (χ1) is 8.74. The topological polar surface area (TPSA) is 36.4 Å². The van der Waals surface area contributed by atoms with Crippen molar-refractivity contribution >= 4 is 5.96 Å². The Kier molecular flexibility index (Phi) is 4.50. The lowest BCUT2D eigenvalue weighted by Gasteiger charge is -2.10. The van der Waals surface area contributed by atoms with Crippen molar-refractivity contribution in [2.24, 2.45) is 4.99 Å². The summed E-state index contributed by atoms with van der Waals surface area (Å²) in [6.07, 6.45) is 2.77. The molecule has 1 aromatic rings. The van der Waals surface area contributed by atoms with Crippen LogP contribution in [-0.2, 0) is 6.42 Å². The third kappa shape index (κ3) is 3.98. The van der Waals surface area contributed by atoms with Crippen LogP contribution in [0.1, 0.15) is 18.4 Å². The molecule has 0 fully saturated rings. The molecule has 1 aliphatic rings. The summed E-state index contributed by atoms with van der Waals surface area (Å²) in [4.78, 5) is 4.34. The summed E-state index contributed by atoms with van der Waals surface area (Å²) < 4.78 is 25.9. The van der Waals surface area contributed by atoms with E-state index in [1.165, 1.54) is 12.1 Å². The van der Waals surface area contributed by atoms with Crippen molar-refractivity contribution in [2.75, 3.05) is 19.6 Å². The molecule has 0 saturated heterocycles. The van der Waals surface area contributed by atoms with Crippen LogP contribution in [0.3, 0.4) is 0 Å². The molecule has 0 amide bonds. The highest BCUT2D eigenvalue weighted by atomic mass is 19.1. The fraction of sp³-hybridized carbons (Fsp3) is 0.462. The second-order valence-corrected chi connectivity index (χ2v) is 4.32. The maximum atomic E-state index is 13.0. The van der Waals surface area contributed by atoms with Crippen LogP contribution in [0.2, 0.25) is 0 Å². The van der Waals surface area contributed by atoms with E-state index >= 15 is 0 Å². The summed E-state index contributed by atoms with van der Waals surface area (Å²) in [6, 6.07) is 3.59. The Bertz CT molecular complexity index is 412. The van der Waals surface area contributed by atoms with Crippen LogP contribution in [0.25, 0.3) is 0 Å². The maximum absolute atomic E-state index is 13.0. The Morgan fingerprint density at radius 1 is 1.17 bits per heavy atom. The van der Waals surface area contributed by atoms with Crippen molar-refractivity contribution in [3.8, 4) is 0 Å². The third-order valence-corrected chi connectivity index (χ3v) is 2.78. The Labute approximate surface area is 105 Å². The van der Waals surface area contributed by atoms with Crippen molar-refractivity contribution in [3.05, 3.63) is 35.4 Å². The van der Waals surface area contributed by atoms with Gasteiger partial charge in [0.1, 0.15) is 11.6 Å². The number of nitrogens with zero attached hydrogens (tertiary/aromatic N) is 1. The van der Waals surface area contributed by atoms with E-state index in [2.05, 4.69) is 15.6 Å². The molecule has 2 rings (SSSR count). The zero-order valence-electron chi connectivity index (χ0n) is 10.2. The lowest BCUT2D eigenvalue weighted by Crippen LogP contribution is -2.38. The van der Waals surface area contributed by atoms with Gasteiger partial charge in [-0.1, -0.05) is 0 Å². The molecule has 0 saturated carbocycles. The average Bonchev–Trinajstić information content (AvgIpc) is 2.56. The number of guanidine groups is 1. The molecule has 0 radical (unpaired) electrons. The second-order valence-electron chi connectivity index (χ2n) is 4.32. The number of benzene rings is 1. The Morgan fingerprint density at radius 2 is 1.94 bits per heavy atom. The first kappa shape index (κ1) is 12.8. The van der Waals surface area contributed by atoms with E-state index in [0.717, 1.165) is 38.0 Å². The van der Waals surface area contributed by atoms with Crippen LogP contribution in [-0.4, -0.2) is 25.6 Å². The first-order valence-electron chi connectivity index (χ1n) is 6.21. The lowest BCUT2D eigenvalue weighted by molar-refractivity contribution is 0.579. The highest BCUT2D eigenvalue weighted by Gasteiger charge is 2.03. The summed E-state index contributed by atoms with van der Waals surface area (Å²) in [7, 11) is 0. The number of nitrogens with one attached hydrogen (secondary N) is 2. The lowest BCUT2D eigenvalue weighted by atomic mass is 10.1. The van der Waals surface area contributed by atoms with Gasteiger partial charge in [0.05, 0.1) is 0 Å². The number of aliphatic imine (C=N–C) groups is 1. The quantitative estimate of drug-likeness (QED) is 0.862. The summed E-state index contributed by atoms with van der Waals surface area (Å²) >= 11 is 0. The predicted octanol–water partition coefficient (Wildman–Crippen LogP) is 1.84. The van der Waals surface area contributed by atoms with Crippen LogP contribution in [0.5, 0.6) is 0 Å². The van der Waals surface area contributed by atoms with Crippen molar-refractivity contribution in [2.45, 2.75) is 19.3 Å². The fourth-order valence-corrected chi connectivity index (χ4v) is 1.89. The molecular formula is C13H17F2N3. The molecular weight excluding hydrogens is 236 g/mol. The number of rotatable bonds is 3. The highest BCUT2D eigenvalue weighted by molar-refractivity contribution is 5.79. The molecule has 2 N–H and O–H groups in total. The minimum Gasteiger partial charge on any atom is -0.356 e. The second kappa shape index (κ2) is 6.33. The van der Waals surface area contributed by atoms with Gasteiger partial charge in [0, 0.05) is 25.7 Å². The molecule has 0 spiro atoms. The highest BCUT2D eigenvalue weighted by Crippen LogP contribution is 2.08. The predicted molar refractivity (Wildman–Crippen MR) is 67.6 cm³/mol. The fourth-order valence-electron chi connectivity index (χ4n) is 1.89. The standard InChI is InChI=1S/C13H17F2N3/c14-11-7-10(8-12(15)9-11)3-6-18-13-16-4-1-2-5-17-13/h7-9H,1-6H2,(H2,16,17,18). The van der Waals surface area contributed by atoms with Gasteiger partial charge in [-0.3, -0.25) is 4.99 Å². The Morgan fingerprint density at radius 3 is 2.72 bits per heavy atom. The maximum Gasteiger partial charge on any atom is 0.191 e. The van der Waals surface area contributed by atoms with E-state index in [9.17, 15) is 8.78 Å². The molecule has 5 heteroatoms. The molecule has 3 nitrogen and oxygen atoms in total. The minimum absolute atomic E-state index is 0.532. The molecule has 1 aromatic carbocycles. The number of halogens is 2. The van der Waals surface area contributed by atoms with E-state index in [1.807, 2.05) is 0 Å². The molecule has 0 unspecified atom stereocenters. The normalized spacial score (nSPS) is 15.6. The minimum atomic E-state index is -0.532. The molecule has 0 atom stereocenters. The SMILES string of the molecule is Fc1cc(F)cc(CCNC2=NCCCCN2)c1. The smallest absolute Gasteiger partial charge is 0.191 e. The first-order valence-corrected chi connectivity index (χ1v) is 6.21. The van der Waals surface area contributed by atoms with Gasteiger partial charge in [0.25, 0.3) is 0 Å². The monoisotopic (exact) mass is 253 g/mol. The van der Waals surface area contributed by atoms with Crippen LogP contribution in [0.15, 0.2) is 23.2 Å². The van der Waals surface area contributed by atoms with E-state index in [0.29, 0.717) is 18.5 Å². The van der Waals surface area contributed by atoms with Gasteiger partial charge in [-0.05, 0) is 37.0 Å². The van der Waals surface area contributed by atoms with E-state index < -0.39 is 11.6 Å². The van der Waals surface area contributed by atoms with Gasteiger partial charge < -0.3 is 10.6 Å². The van der Waals surface area contributed by atoms with Crippen molar-refractivity contribution in [3.63, 3.8) is 0 Å². The molecule has 18 heavy (non-hydrogen) atoms. The molecule has 0 aromatic heterocycles. The van der Waals surface area contributed by atoms with Gasteiger partial charge in [-0.25, -0.2) is 8.78 Å².